The number of ether oxygens (including phenoxy) is 1. The molecule has 4 heterocycles. The Balaban J connectivity index is 1.45. The van der Waals surface area contributed by atoms with Crippen LogP contribution in [0.1, 0.15) is 18.4 Å². The topological polar surface area (TPSA) is 98.3 Å². The summed E-state index contributed by atoms with van der Waals surface area (Å²) in [6.07, 6.45) is 11.0. The van der Waals surface area contributed by atoms with Gasteiger partial charge in [0.25, 0.3) is 0 Å². The predicted octanol–water partition coefficient (Wildman–Crippen LogP) is 2.85. The van der Waals surface area contributed by atoms with Crippen molar-refractivity contribution in [3.63, 3.8) is 0 Å². The molecule has 1 aromatic carbocycles. The maximum atomic E-state index is 11.0. The van der Waals surface area contributed by atoms with E-state index in [0.29, 0.717) is 23.3 Å². The van der Waals surface area contributed by atoms with Gasteiger partial charge >= 0.3 is 5.97 Å². The number of benzene rings is 1. The largest absolute Gasteiger partial charge is 0.481 e. The van der Waals surface area contributed by atoms with E-state index < -0.39 is 5.97 Å². The average molecular weight is 432 g/mol. The zero-order chi connectivity index (χ0) is 22.1. The van der Waals surface area contributed by atoms with Crippen LogP contribution in [-0.4, -0.2) is 61.7 Å². The van der Waals surface area contributed by atoms with Crippen LogP contribution in [0, 0.1) is 0 Å². The second kappa shape index (κ2) is 8.43. The molecule has 164 valence electrons. The molecule has 0 saturated carbocycles. The van der Waals surface area contributed by atoms with Gasteiger partial charge in [-0.05, 0) is 42.7 Å². The average Bonchev–Trinajstić information content (AvgIpc) is 3.45. The number of anilines is 1. The number of aromatic nitrogens is 5. The first-order valence-corrected chi connectivity index (χ1v) is 10.6. The lowest BCUT2D eigenvalue weighted by molar-refractivity contribution is -0.136. The quantitative estimate of drug-likeness (QED) is 0.500. The van der Waals surface area contributed by atoms with Crippen LogP contribution in [0.3, 0.4) is 0 Å². The van der Waals surface area contributed by atoms with Gasteiger partial charge in [-0.2, -0.15) is 5.10 Å². The number of piperidine rings is 1. The van der Waals surface area contributed by atoms with Gasteiger partial charge in [0.05, 0.1) is 36.6 Å². The lowest BCUT2D eigenvalue weighted by Gasteiger charge is -2.33. The molecule has 32 heavy (non-hydrogen) atoms. The van der Waals surface area contributed by atoms with Gasteiger partial charge < -0.3 is 19.3 Å². The molecular formula is C23H24N6O3. The predicted molar refractivity (Wildman–Crippen MR) is 120 cm³/mol. The van der Waals surface area contributed by atoms with Crippen molar-refractivity contribution in [3.05, 3.63) is 60.8 Å². The molecule has 4 aromatic rings. The van der Waals surface area contributed by atoms with Gasteiger partial charge in [-0.1, -0.05) is 0 Å². The Morgan fingerprint density at radius 2 is 1.97 bits per heavy atom. The van der Waals surface area contributed by atoms with Crippen molar-refractivity contribution >= 4 is 22.6 Å². The Labute approximate surface area is 184 Å². The van der Waals surface area contributed by atoms with E-state index in [0.717, 1.165) is 42.5 Å². The highest BCUT2D eigenvalue weighted by atomic mass is 16.5. The lowest BCUT2D eigenvalue weighted by atomic mass is 10.1. The van der Waals surface area contributed by atoms with Crippen molar-refractivity contribution in [2.75, 3.05) is 25.1 Å². The first-order valence-electron chi connectivity index (χ1n) is 10.6. The van der Waals surface area contributed by atoms with Gasteiger partial charge in [-0.3, -0.25) is 9.78 Å². The van der Waals surface area contributed by atoms with Crippen molar-refractivity contribution in [1.82, 2.24) is 24.3 Å². The maximum Gasteiger partial charge on any atom is 0.307 e. The molecule has 1 N–H and O–H groups in total. The SMILES string of the molecule is COC1CCN(c2ccc3cnn(-c4cncc(-n5ccc(CC(=O)O)c5)n4)c3c2)CC1. The Hall–Kier alpha value is -3.72. The first kappa shape index (κ1) is 20.2. The zero-order valence-electron chi connectivity index (χ0n) is 17.8. The summed E-state index contributed by atoms with van der Waals surface area (Å²) in [6.45, 7) is 1.92. The van der Waals surface area contributed by atoms with E-state index in [-0.39, 0.29) is 6.42 Å². The van der Waals surface area contributed by atoms with Gasteiger partial charge in [-0.15, -0.1) is 0 Å². The van der Waals surface area contributed by atoms with Crippen LogP contribution in [-0.2, 0) is 16.0 Å². The van der Waals surface area contributed by atoms with Crippen LogP contribution in [0.2, 0.25) is 0 Å². The second-order valence-corrected chi connectivity index (χ2v) is 7.95. The first-order chi connectivity index (χ1) is 15.6. The molecule has 0 spiro atoms. The van der Waals surface area contributed by atoms with Crippen LogP contribution in [0.15, 0.2) is 55.2 Å². The van der Waals surface area contributed by atoms with Gasteiger partial charge in [0, 0.05) is 43.7 Å². The third-order valence-corrected chi connectivity index (χ3v) is 5.90. The Bertz CT molecular complexity index is 1260. The minimum Gasteiger partial charge on any atom is -0.481 e. The van der Waals surface area contributed by atoms with E-state index in [4.69, 9.17) is 14.8 Å². The summed E-state index contributed by atoms with van der Waals surface area (Å²) in [5.74, 6) is 0.328. The summed E-state index contributed by atoms with van der Waals surface area (Å²) in [5, 5.41) is 14.6. The summed E-state index contributed by atoms with van der Waals surface area (Å²) in [6, 6.07) is 8.13. The van der Waals surface area contributed by atoms with E-state index in [1.165, 1.54) is 0 Å². The molecule has 0 amide bonds. The molecule has 0 bridgehead atoms. The molecule has 1 aliphatic rings. The Morgan fingerprint density at radius 1 is 1.16 bits per heavy atom. The molecule has 9 heteroatoms. The zero-order valence-corrected chi connectivity index (χ0v) is 17.8. The smallest absolute Gasteiger partial charge is 0.307 e. The number of fused-ring (bicyclic) bond motifs is 1. The Morgan fingerprint density at radius 3 is 2.75 bits per heavy atom. The van der Waals surface area contributed by atoms with Crippen molar-refractivity contribution < 1.29 is 14.6 Å². The molecule has 0 radical (unpaired) electrons. The molecule has 1 fully saturated rings. The summed E-state index contributed by atoms with van der Waals surface area (Å²) in [7, 11) is 1.78. The fraction of sp³-hybridized carbons (Fsp3) is 0.304. The van der Waals surface area contributed by atoms with E-state index in [1.54, 1.807) is 47.2 Å². The molecule has 3 aromatic heterocycles. The highest BCUT2D eigenvalue weighted by molar-refractivity contribution is 5.83. The van der Waals surface area contributed by atoms with Crippen LogP contribution < -0.4 is 4.90 Å². The summed E-state index contributed by atoms with van der Waals surface area (Å²) >= 11 is 0. The van der Waals surface area contributed by atoms with Gasteiger partial charge in [0.1, 0.15) is 0 Å². The minimum absolute atomic E-state index is 0.0334. The monoisotopic (exact) mass is 432 g/mol. The van der Waals surface area contributed by atoms with Gasteiger partial charge in [0.2, 0.25) is 0 Å². The van der Waals surface area contributed by atoms with E-state index in [2.05, 4.69) is 33.2 Å². The summed E-state index contributed by atoms with van der Waals surface area (Å²) in [5.41, 5.74) is 2.82. The molecule has 0 aliphatic carbocycles. The van der Waals surface area contributed by atoms with Crippen LogP contribution in [0.25, 0.3) is 22.5 Å². The maximum absolute atomic E-state index is 11.0. The van der Waals surface area contributed by atoms with Crippen molar-refractivity contribution in [1.29, 1.82) is 0 Å². The van der Waals surface area contributed by atoms with E-state index in [9.17, 15) is 4.79 Å². The van der Waals surface area contributed by atoms with Crippen molar-refractivity contribution in [3.8, 4) is 11.6 Å². The molecule has 0 unspecified atom stereocenters. The third kappa shape index (κ3) is 3.94. The summed E-state index contributed by atoms with van der Waals surface area (Å²) in [4.78, 5) is 22.4. The lowest BCUT2D eigenvalue weighted by Crippen LogP contribution is -2.36. The van der Waals surface area contributed by atoms with Gasteiger partial charge in [0.15, 0.2) is 11.6 Å². The number of methoxy groups -OCH3 is 1. The number of hydrogen-bond donors (Lipinski definition) is 1. The van der Waals surface area contributed by atoms with E-state index >= 15 is 0 Å². The van der Waals surface area contributed by atoms with Crippen LogP contribution in [0.5, 0.6) is 0 Å². The molecule has 1 saturated heterocycles. The van der Waals surface area contributed by atoms with Crippen LogP contribution in [0.4, 0.5) is 5.69 Å². The third-order valence-electron chi connectivity index (χ3n) is 5.90. The number of hydrogen-bond acceptors (Lipinski definition) is 6. The van der Waals surface area contributed by atoms with Crippen LogP contribution >= 0.6 is 0 Å². The fourth-order valence-electron chi connectivity index (χ4n) is 4.17. The fourth-order valence-corrected chi connectivity index (χ4v) is 4.17. The minimum atomic E-state index is -0.868. The number of carboxylic acids is 1. The standard InChI is InChI=1S/C23H24N6O3/c1-32-19-5-8-27(9-6-19)18-3-2-17-12-25-29(20(17)11-18)22-14-24-13-21(26-22)28-7-4-16(15-28)10-23(30)31/h2-4,7,11-15,19H,5-6,8-10H2,1H3,(H,30,31). The van der Waals surface area contributed by atoms with E-state index in [1.807, 2.05) is 6.20 Å². The second-order valence-electron chi connectivity index (χ2n) is 7.95. The molecule has 9 nitrogen and oxygen atoms in total. The number of nitrogens with zero attached hydrogens (tertiary/aromatic N) is 6. The highest BCUT2D eigenvalue weighted by Crippen LogP contribution is 2.26. The van der Waals surface area contributed by atoms with Crippen molar-refractivity contribution in [2.45, 2.75) is 25.4 Å². The molecule has 0 atom stereocenters. The number of carbonyl (C=O) groups is 1. The molecule has 5 rings (SSSR count). The normalized spacial score (nSPS) is 14.8. The van der Waals surface area contributed by atoms with Gasteiger partial charge in [-0.25, -0.2) is 9.67 Å². The molecular weight excluding hydrogens is 408 g/mol. The number of carboxylic acid groups (broad SMARTS) is 1. The Kier molecular flexibility index (Phi) is 5.32. The van der Waals surface area contributed by atoms with Crippen molar-refractivity contribution in [2.24, 2.45) is 0 Å². The number of rotatable bonds is 6. The highest BCUT2D eigenvalue weighted by Gasteiger charge is 2.20. The number of aliphatic carboxylic acids is 1. The molecule has 1 aliphatic heterocycles. The summed E-state index contributed by atoms with van der Waals surface area (Å²) < 4.78 is 9.05.